The maximum absolute atomic E-state index is 11.0. The first-order valence-electron chi connectivity index (χ1n) is 6.82. The summed E-state index contributed by atoms with van der Waals surface area (Å²) in [5.74, 6) is -0.600. The molecule has 1 aromatic heterocycles. The van der Waals surface area contributed by atoms with E-state index in [2.05, 4.69) is 34.5 Å². The lowest BCUT2D eigenvalue weighted by Gasteiger charge is -2.19. The number of carboxylic acids is 1. The molecule has 1 aliphatic rings. The number of para-hydroxylation sites is 1. The van der Waals surface area contributed by atoms with Crippen LogP contribution in [-0.4, -0.2) is 24.2 Å². The molecule has 1 unspecified atom stereocenters. The van der Waals surface area contributed by atoms with Crippen LogP contribution in [0.1, 0.15) is 22.8 Å². The minimum Gasteiger partial charge on any atom is -0.481 e. The second-order valence-corrected chi connectivity index (χ2v) is 6.16. The summed E-state index contributed by atoms with van der Waals surface area (Å²) in [7, 11) is 0. The van der Waals surface area contributed by atoms with Gasteiger partial charge in [0.25, 0.3) is 0 Å². The standard InChI is InChI=1S/C16H17NO2S/c18-16(19)10-12-11-17(8-7-13-4-3-9-20-13)15-6-2-1-5-14(12)15/h1-6,9,12H,7-8,10-11H2,(H,18,19). The maximum Gasteiger partial charge on any atom is 0.304 e. The zero-order valence-electron chi connectivity index (χ0n) is 11.2. The summed E-state index contributed by atoms with van der Waals surface area (Å²) in [5.41, 5.74) is 2.39. The molecule has 104 valence electrons. The van der Waals surface area contributed by atoms with E-state index in [9.17, 15) is 4.79 Å². The van der Waals surface area contributed by atoms with Gasteiger partial charge in [-0.3, -0.25) is 4.79 Å². The van der Waals surface area contributed by atoms with Crippen molar-refractivity contribution in [3.8, 4) is 0 Å². The van der Waals surface area contributed by atoms with Crippen molar-refractivity contribution < 1.29 is 9.90 Å². The molecule has 0 bridgehead atoms. The summed E-state index contributed by atoms with van der Waals surface area (Å²) >= 11 is 1.78. The average molecular weight is 287 g/mol. The van der Waals surface area contributed by atoms with Crippen molar-refractivity contribution in [2.45, 2.75) is 18.8 Å². The van der Waals surface area contributed by atoms with Crippen molar-refractivity contribution in [3.63, 3.8) is 0 Å². The lowest BCUT2D eigenvalue weighted by atomic mass is 9.98. The summed E-state index contributed by atoms with van der Waals surface area (Å²) in [6.45, 7) is 1.77. The third kappa shape index (κ3) is 2.70. The third-order valence-corrected chi connectivity index (χ3v) is 4.72. The number of thiophene rings is 1. The topological polar surface area (TPSA) is 40.5 Å². The lowest BCUT2D eigenvalue weighted by Crippen LogP contribution is -2.25. The first-order chi connectivity index (χ1) is 9.74. The normalized spacial score (nSPS) is 17.2. The Hall–Kier alpha value is -1.81. The van der Waals surface area contributed by atoms with E-state index < -0.39 is 5.97 Å². The number of hydrogen-bond donors (Lipinski definition) is 1. The van der Waals surface area contributed by atoms with E-state index in [1.165, 1.54) is 16.1 Å². The molecule has 0 saturated heterocycles. The van der Waals surface area contributed by atoms with Crippen molar-refractivity contribution in [2.24, 2.45) is 0 Å². The second-order valence-electron chi connectivity index (χ2n) is 5.13. The van der Waals surface area contributed by atoms with E-state index in [1.54, 1.807) is 11.3 Å². The van der Waals surface area contributed by atoms with E-state index in [-0.39, 0.29) is 12.3 Å². The molecule has 1 aromatic carbocycles. The highest BCUT2D eigenvalue weighted by Crippen LogP contribution is 2.37. The van der Waals surface area contributed by atoms with Crippen LogP contribution in [0.2, 0.25) is 0 Å². The average Bonchev–Trinajstić information content (AvgIpc) is 3.05. The van der Waals surface area contributed by atoms with Crippen LogP contribution in [0.25, 0.3) is 0 Å². The Labute approximate surface area is 122 Å². The molecule has 0 fully saturated rings. The van der Waals surface area contributed by atoms with Crippen LogP contribution in [0, 0.1) is 0 Å². The molecule has 0 amide bonds. The number of anilines is 1. The minimum absolute atomic E-state index is 0.118. The molecular weight excluding hydrogens is 270 g/mol. The number of nitrogens with zero attached hydrogens (tertiary/aromatic N) is 1. The monoisotopic (exact) mass is 287 g/mol. The van der Waals surface area contributed by atoms with Crippen molar-refractivity contribution in [1.29, 1.82) is 0 Å². The van der Waals surface area contributed by atoms with Gasteiger partial charge in [0.05, 0.1) is 6.42 Å². The molecular formula is C16H17NO2S. The zero-order valence-corrected chi connectivity index (χ0v) is 12.0. The highest BCUT2D eigenvalue weighted by atomic mass is 32.1. The molecule has 0 saturated carbocycles. The van der Waals surface area contributed by atoms with Gasteiger partial charge in [0, 0.05) is 29.6 Å². The highest BCUT2D eigenvalue weighted by Gasteiger charge is 2.29. The van der Waals surface area contributed by atoms with Crippen LogP contribution in [0.3, 0.4) is 0 Å². The number of carbonyl (C=O) groups is 1. The number of aliphatic carboxylic acids is 1. The van der Waals surface area contributed by atoms with Crippen LogP contribution >= 0.6 is 11.3 Å². The van der Waals surface area contributed by atoms with Crippen molar-refractivity contribution >= 4 is 23.0 Å². The van der Waals surface area contributed by atoms with Crippen LogP contribution in [-0.2, 0) is 11.2 Å². The highest BCUT2D eigenvalue weighted by molar-refractivity contribution is 7.09. The molecule has 1 aliphatic heterocycles. The Bertz CT molecular complexity index is 594. The fourth-order valence-electron chi connectivity index (χ4n) is 2.88. The SMILES string of the molecule is O=C(O)CC1CN(CCc2cccs2)c2ccccc21. The number of fused-ring (bicyclic) bond motifs is 1. The van der Waals surface area contributed by atoms with Crippen LogP contribution < -0.4 is 4.90 Å². The molecule has 0 spiro atoms. The lowest BCUT2D eigenvalue weighted by molar-refractivity contribution is -0.137. The Morgan fingerprint density at radius 2 is 2.15 bits per heavy atom. The van der Waals surface area contributed by atoms with Crippen LogP contribution in [0.15, 0.2) is 41.8 Å². The largest absolute Gasteiger partial charge is 0.481 e. The van der Waals surface area contributed by atoms with Gasteiger partial charge in [0.15, 0.2) is 0 Å². The predicted molar refractivity (Wildman–Crippen MR) is 81.7 cm³/mol. The fraction of sp³-hybridized carbons (Fsp3) is 0.312. The molecule has 3 rings (SSSR count). The molecule has 0 aliphatic carbocycles. The van der Waals surface area contributed by atoms with Crippen molar-refractivity contribution in [2.75, 3.05) is 18.0 Å². The molecule has 3 nitrogen and oxygen atoms in total. The molecule has 20 heavy (non-hydrogen) atoms. The number of benzene rings is 1. The summed E-state index contributed by atoms with van der Waals surface area (Å²) in [6.07, 6.45) is 1.23. The van der Waals surface area contributed by atoms with Crippen molar-refractivity contribution in [3.05, 3.63) is 52.2 Å². The Kier molecular flexibility index (Phi) is 3.74. The minimum atomic E-state index is -0.718. The van der Waals surface area contributed by atoms with E-state index in [0.29, 0.717) is 0 Å². The van der Waals surface area contributed by atoms with Crippen LogP contribution in [0.5, 0.6) is 0 Å². The second kappa shape index (κ2) is 5.67. The zero-order chi connectivity index (χ0) is 13.9. The number of carboxylic acid groups (broad SMARTS) is 1. The van der Waals surface area contributed by atoms with E-state index in [1.807, 2.05) is 12.1 Å². The molecule has 2 heterocycles. The maximum atomic E-state index is 11.0. The first kappa shape index (κ1) is 13.2. The van der Waals surface area contributed by atoms with Gasteiger partial charge in [-0.1, -0.05) is 24.3 Å². The Balaban J connectivity index is 1.74. The van der Waals surface area contributed by atoms with E-state index in [0.717, 1.165) is 19.5 Å². The van der Waals surface area contributed by atoms with Gasteiger partial charge >= 0.3 is 5.97 Å². The van der Waals surface area contributed by atoms with Crippen molar-refractivity contribution in [1.82, 2.24) is 0 Å². The van der Waals surface area contributed by atoms with Gasteiger partial charge in [-0.25, -0.2) is 0 Å². The van der Waals surface area contributed by atoms with Crippen LogP contribution in [0.4, 0.5) is 5.69 Å². The van der Waals surface area contributed by atoms with Gasteiger partial charge in [0.1, 0.15) is 0 Å². The summed E-state index contributed by atoms with van der Waals surface area (Å²) < 4.78 is 0. The molecule has 1 atom stereocenters. The predicted octanol–water partition coefficient (Wildman–Crippen LogP) is 3.37. The summed E-state index contributed by atoms with van der Waals surface area (Å²) in [4.78, 5) is 14.7. The Morgan fingerprint density at radius 3 is 2.90 bits per heavy atom. The van der Waals surface area contributed by atoms with Gasteiger partial charge < -0.3 is 10.0 Å². The molecule has 4 heteroatoms. The quantitative estimate of drug-likeness (QED) is 0.916. The van der Waals surface area contributed by atoms with Gasteiger partial charge in [0.2, 0.25) is 0 Å². The summed E-state index contributed by atoms with van der Waals surface area (Å²) in [6, 6.07) is 12.4. The smallest absolute Gasteiger partial charge is 0.304 e. The Morgan fingerprint density at radius 1 is 1.30 bits per heavy atom. The summed E-state index contributed by atoms with van der Waals surface area (Å²) in [5, 5.41) is 11.1. The van der Waals surface area contributed by atoms with Gasteiger partial charge in [-0.15, -0.1) is 11.3 Å². The fourth-order valence-corrected chi connectivity index (χ4v) is 3.58. The number of hydrogen-bond acceptors (Lipinski definition) is 3. The molecule has 0 radical (unpaired) electrons. The van der Waals surface area contributed by atoms with E-state index >= 15 is 0 Å². The van der Waals surface area contributed by atoms with Gasteiger partial charge in [-0.05, 0) is 29.5 Å². The molecule has 1 N–H and O–H groups in total. The number of rotatable bonds is 5. The third-order valence-electron chi connectivity index (χ3n) is 3.79. The molecule has 2 aromatic rings. The van der Waals surface area contributed by atoms with Gasteiger partial charge in [-0.2, -0.15) is 0 Å². The first-order valence-corrected chi connectivity index (χ1v) is 7.70. The van der Waals surface area contributed by atoms with E-state index in [4.69, 9.17) is 5.11 Å².